The number of ether oxygens (including phenoxy) is 3. The number of carbonyl (C=O) groups is 1. The van der Waals surface area contributed by atoms with Crippen molar-refractivity contribution in [2.75, 3.05) is 13.2 Å². The van der Waals surface area contributed by atoms with Crippen LogP contribution in [0.5, 0.6) is 11.5 Å². The van der Waals surface area contributed by atoms with Gasteiger partial charge < -0.3 is 14.2 Å². The van der Waals surface area contributed by atoms with Gasteiger partial charge in [0.2, 0.25) is 5.82 Å². The number of hydrogen-bond acceptors (Lipinski definition) is 4. The van der Waals surface area contributed by atoms with Crippen molar-refractivity contribution in [1.29, 1.82) is 0 Å². The third-order valence-corrected chi connectivity index (χ3v) is 3.43. The van der Waals surface area contributed by atoms with E-state index in [0.717, 1.165) is 0 Å². The van der Waals surface area contributed by atoms with Crippen molar-refractivity contribution in [3.8, 4) is 11.5 Å². The highest BCUT2D eigenvalue weighted by Crippen LogP contribution is 2.31. The van der Waals surface area contributed by atoms with E-state index in [0.29, 0.717) is 12.4 Å². The molecule has 0 N–H and O–H groups in total. The van der Waals surface area contributed by atoms with Crippen LogP contribution in [0.1, 0.15) is 15.9 Å². The minimum absolute atomic E-state index is 0.0341. The van der Waals surface area contributed by atoms with E-state index in [1.165, 1.54) is 18.2 Å². The number of fused-ring (bicyclic) bond motifs is 1. The number of halogens is 5. The Morgan fingerprint density at radius 2 is 1.44 bits per heavy atom. The lowest BCUT2D eigenvalue weighted by Gasteiger charge is -2.18. The van der Waals surface area contributed by atoms with Crippen LogP contribution >= 0.6 is 0 Å². The van der Waals surface area contributed by atoms with E-state index < -0.39 is 47.2 Å². The molecule has 9 heteroatoms. The van der Waals surface area contributed by atoms with E-state index in [9.17, 15) is 26.7 Å². The SMILES string of the molecule is O=C(OCc1c(F)c(F)c(F)c(F)c1F)c1ccc2c(c1)OCCO2. The molecule has 0 aliphatic carbocycles. The maximum absolute atomic E-state index is 13.5. The van der Waals surface area contributed by atoms with Crippen molar-refractivity contribution in [1.82, 2.24) is 0 Å². The van der Waals surface area contributed by atoms with Crippen molar-refractivity contribution < 1.29 is 41.0 Å². The first-order valence-corrected chi connectivity index (χ1v) is 6.97. The molecule has 0 unspecified atom stereocenters. The summed E-state index contributed by atoms with van der Waals surface area (Å²) in [5, 5.41) is 0. The van der Waals surface area contributed by atoms with Gasteiger partial charge in [-0.25, -0.2) is 26.7 Å². The predicted molar refractivity (Wildman–Crippen MR) is 72.8 cm³/mol. The average molecular weight is 360 g/mol. The Morgan fingerprint density at radius 3 is 2.08 bits per heavy atom. The molecule has 0 fully saturated rings. The monoisotopic (exact) mass is 360 g/mol. The first-order chi connectivity index (χ1) is 11.9. The molecule has 2 aromatic rings. The third-order valence-electron chi connectivity index (χ3n) is 3.43. The number of esters is 1. The minimum atomic E-state index is -2.28. The molecule has 0 saturated carbocycles. The molecule has 0 saturated heterocycles. The highest BCUT2D eigenvalue weighted by Gasteiger charge is 2.26. The summed E-state index contributed by atoms with van der Waals surface area (Å²) in [6.45, 7) is -0.508. The van der Waals surface area contributed by atoms with Crippen LogP contribution < -0.4 is 9.47 Å². The Kier molecular flexibility index (Phi) is 4.47. The van der Waals surface area contributed by atoms with E-state index in [1.807, 2.05) is 0 Å². The number of hydrogen-bond donors (Lipinski definition) is 0. The highest BCUT2D eigenvalue weighted by molar-refractivity contribution is 5.90. The van der Waals surface area contributed by atoms with E-state index in [-0.39, 0.29) is 17.9 Å². The standard InChI is InChI=1S/C16H9F5O4/c17-11-8(12(18)14(20)15(21)13(11)19)6-25-16(22)7-1-2-9-10(5-7)24-4-3-23-9/h1-2,5H,3-4,6H2. The summed E-state index contributed by atoms with van der Waals surface area (Å²) in [6, 6.07) is 4.03. The van der Waals surface area contributed by atoms with E-state index in [1.54, 1.807) is 0 Å². The summed E-state index contributed by atoms with van der Waals surface area (Å²) in [5.74, 6) is -10.9. The Hall–Kier alpha value is -2.84. The summed E-state index contributed by atoms with van der Waals surface area (Å²) in [5.41, 5.74) is -1.27. The van der Waals surface area contributed by atoms with E-state index in [2.05, 4.69) is 4.74 Å². The molecule has 0 radical (unpaired) electrons. The van der Waals surface area contributed by atoms with Crippen LogP contribution in [0.15, 0.2) is 18.2 Å². The number of carbonyl (C=O) groups excluding carboxylic acids is 1. The smallest absolute Gasteiger partial charge is 0.338 e. The van der Waals surface area contributed by atoms with Crippen LogP contribution in [0.2, 0.25) is 0 Å². The molecule has 4 nitrogen and oxygen atoms in total. The van der Waals surface area contributed by atoms with E-state index >= 15 is 0 Å². The van der Waals surface area contributed by atoms with Gasteiger partial charge in [0.1, 0.15) is 19.8 Å². The Labute approximate surface area is 137 Å². The molecule has 132 valence electrons. The fourth-order valence-corrected chi connectivity index (χ4v) is 2.17. The summed E-state index contributed by atoms with van der Waals surface area (Å²) in [7, 11) is 0. The van der Waals surface area contributed by atoms with Gasteiger partial charge in [0.15, 0.2) is 34.8 Å². The maximum atomic E-state index is 13.5. The quantitative estimate of drug-likeness (QED) is 0.364. The molecular formula is C16H9F5O4. The van der Waals surface area contributed by atoms with Gasteiger partial charge in [-0.1, -0.05) is 0 Å². The molecule has 1 aliphatic heterocycles. The topological polar surface area (TPSA) is 44.8 Å². The fraction of sp³-hybridized carbons (Fsp3) is 0.188. The highest BCUT2D eigenvalue weighted by atomic mass is 19.2. The second kappa shape index (κ2) is 6.58. The second-order valence-corrected chi connectivity index (χ2v) is 4.98. The number of rotatable bonds is 3. The fourth-order valence-electron chi connectivity index (χ4n) is 2.17. The molecule has 2 aromatic carbocycles. The van der Waals surface area contributed by atoms with Crippen molar-refractivity contribution in [3.05, 3.63) is 58.4 Å². The summed E-state index contributed by atoms with van der Waals surface area (Å²) < 4.78 is 81.4. The molecule has 0 spiro atoms. The van der Waals surface area contributed by atoms with Gasteiger partial charge in [-0.3, -0.25) is 0 Å². The van der Waals surface area contributed by atoms with Gasteiger partial charge in [-0.15, -0.1) is 0 Å². The lowest BCUT2D eigenvalue weighted by molar-refractivity contribution is 0.0461. The molecule has 3 rings (SSSR count). The number of benzene rings is 2. The van der Waals surface area contributed by atoms with Gasteiger partial charge in [-0.05, 0) is 18.2 Å². The van der Waals surface area contributed by atoms with Crippen LogP contribution in [0.3, 0.4) is 0 Å². The average Bonchev–Trinajstić information content (AvgIpc) is 2.64. The summed E-state index contributed by atoms with van der Waals surface area (Å²) >= 11 is 0. The largest absolute Gasteiger partial charge is 0.486 e. The van der Waals surface area contributed by atoms with E-state index in [4.69, 9.17) is 9.47 Å². The summed E-state index contributed by atoms with van der Waals surface area (Å²) in [4.78, 5) is 11.9. The molecule has 1 heterocycles. The van der Waals surface area contributed by atoms with Crippen LogP contribution in [0.4, 0.5) is 22.0 Å². The van der Waals surface area contributed by atoms with Gasteiger partial charge in [0, 0.05) is 0 Å². The maximum Gasteiger partial charge on any atom is 0.338 e. The third kappa shape index (κ3) is 3.09. The van der Waals surface area contributed by atoms with Crippen LogP contribution in [0.25, 0.3) is 0 Å². The zero-order valence-corrected chi connectivity index (χ0v) is 12.4. The molecule has 25 heavy (non-hydrogen) atoms. The van der Waals surface area contributed by atoms with Crippen LogP contribution in [0, 0.1) is 29.1 Å². The second-order valence-electron chi connectivity index (χ2n) is 4.98. The normalized spacial score (nSPS) is 12.8. The van der Waals surface area contributed by atoms with Crippen LogP contribution in [-0.4, -0.2) is 19.2 Å². The van der Waals surface area contributed by atoms with Crippen molar-refractivity contribution in [2.45, 2.75) is 6.61 Å². The van der Waals surface area contributed by atoms with Crippen LogP contribution in [-0.2, 0) is 11.3 Å². The van der Waals surface area contributed by atoms with Crippen molar-refractivity contribution >= 4 is 5.97 Å². The van der Waals surface area contributed by atoms with Crippen molar-refractivity contribution in [3.63, 3.8) is 0 Å². The van der Waals surface area contributed by atoms with Gasteiger partial charge >= 0.3 is 5.97 Å². The lowest BCUT2D eigenvalue weighted by atomic mass is 10.1. The molecular weight excluding hydrogens is 351 g/mol. The minimum Gasteiger partial charge on any atom is -0.486 e. The Balaban J connectivity index is 1.79. The Morgan fingerprint density at radius 1 is 0.880 bits per heavy atom. The summed E-state index contributed by atoms with van der Waals surface area (Å²) in [6.07, 6.45) is 0. The molecule has 0 amide bonds. The zero-order chi connectivity index (χ0) is 18.1. The molecule has 1 aliphatic rings. The predicted octanol–water partition coefficient (Wildman–Crippen LogP) is 3.51. The van der Waals surface area contributed by atoms with Gasteiger partial charge in [-0.2, -0.15) is 0 Å². The molecule has 0 bridgehead atoms. The molecule has 0 aromatic heterocycles. The lowest BCUT2D eigenvalue weighted by Crippen LogP contribution is -2.16. The van der Waals surface area contributed by atoms with Crippen molar-refractivity contribution in [2.24, 2.45) is 0 Å². The van der Waals surface area contributed by atoms with Gasteiger partial charge in [0.05, 0.1) is 11.1 Å². The zero-order valence-electron chi connectivity index (χ0n) is 12.4. The Bertz CT molecular complexity index is 824. The first kappa shape index (κ1) is 17.0. The molecule has 0 atom stereocenters. The first-order valence-electron chi connectivity index (χ1n) is 6.97. The van der Waals surface area contributed by atoms with Gasteiger partial charge in [0.25, 0.3) is 0 Å².